The van der Waals surface area contributed by atoms with Crippen LogP contribution in [0.25, 0.3) is 11.0 Å². The smallest absolute Gasteiger partial charge is 0.293 e. The maximum atomic E-state index is 12.9. The highest BCUT2D eigenvalue weighted by molar-refractivity contribution is 6.02. The molecular weight excluding hydrogens is 422 g/mol. The van der Waals surface area contributed by atoms with Gasteiger partial charge >= 0.3 is 0 Å². The topological polar surface area (TPSA) is 60.1 Å². The molecule has 2 aromatic carbocycles. The zero-order chi connectivity index (χ0) is 24.3. The van der Waals surface area contributed by atoms with Crippen molar-refractivity contribution in [3.8, 4) is 0 Å². The Balaban J connectivity index is 1.38. The van der Waals surface area contributed by atoms with Gasteiger partial charge < -0.3 is 8.98 Å². The van der Waals surface area contributed by atoms with E-state index in [4.69, 9.17) is 4.42 Å². The van der Waals surface area contributed by atoms with Gasteiger partial charge in [-0.15, -0.1) is 0 Å². The number of amides is 1. The summed E-state index contributed by atoms with van der Waals surface area (Å²) in [6, 6.07) is 16.2. The molecule has 1 aliphatic carbocycles. The van der Waals surface area contributed by atoms with Gasteiger partial charge in [-0.25, -0.2) is 4.98 Å². The van der Waals surface area contributed by atoms with E-state index in [9.17, 15) is 4.79 Å². The minimum atomic E-state index is -0.297. The fourth-order valence-electron chi connectivity index (χ4n) is 5.16. The fraction of sp³-hybridized carbons (Fsp3) is 0.379. The zero-order valence-electron chi connectivity index (χ0n) is 21.0. The normalized spacial score (nSPS) is 16.4. The molecule has 0 aliphatic heterocycles. The molecule has 5 heteroatoms. The van der Waals surface area contributed by atoms with Crippen LogP contribution in [0.5, 0.6) is 0 Å². The molecule has 0 bridgehead atoms. The third-order valence-corrected chi connectivity index (χ3v) is 7.57. The second kappa shape index (κ2) is 7.86. The summed E-state index contributed by atoms with van der Waals surface area (Å²) in [5.41, 5.74) is 7.59. The summed E-state index contributed by atoms with van der Waals surface area (Å²) in [7, 11) is 1.89. The Labute approximate surface area is 201 Å². The number of aromatic nitrogens is 2. The van der Waals surface area contributed by atoms with E-state index in [1.54, 1.807) is 6.07 Å². The standard InChI is InChI=1S/C29H33N3O2/c1-18-15-21-22(29(4,5)14-13-28(21,2)3)17-19(18)16-20-11-12-25(34-20)26(33)31-27-30-23-9-7-8-10-24(23)32(27)6/h7-12,15,17H,13-14,16H2,1-6H3,(H,30,31,33). The lowest BCUT2D eigenvalue weighted by Crippen LogP contribution is -2.34. The molecule has 0 unspecified atom stereocenters. The molecule has 0 saturated heterocycles. The monoisotopic (exact) mass is 455 g/mol. The summed E-state index contributed by atoms with van der Waals surface area (Å²) in [4.78, 5) is 17.4. The molecule has 5 rings (SSSR count). The maximum Gasteiger partial charge on any atom is 0.293 e. The third-order valence-electron chi connectivity index (χ3n) is 7.57. The van der Waals surface area contributed by atoms with E-state index >= 15 is 0 Å². The molecule has 1 amide bonds. The van der Waals surface area contributed by atoms with Crippen molar-refractivity contribution in [2.45, 2.75) is 64.7 Å². The van der Waals surface area contributed by atoms with Crippen molar-refractivity contribution >= 4 is 22.9 Å². The van der Waals surface area contributed by atoms with Gasteiger partial charge in [-0.2, -0.15) is 0 Å². The van der Waals surface area contributed by atoms with Crippen LogP contribution in [0, 0.1) is 6.92 Å². The molecule has 0 fully saturated rings. The number of furan rings is 1. The van der Waals surface area contributed by atoms with E-state index in [0.717, 1.165) is 16.8 Å². The van der Waals surface area contributed by atoms with Gasteiger partial charge in [0.1, 0.15) is 5.76 Å². The second-order valence-corrected chi connectivity index (χ2v) is 11.0. The molecule has 1 N–H and O–H groups in total. The van der Waals surface area contributed by atoms with Crippen LogP contribution < -0.4 is 5.32 Å². The van der Waals surface area contributed by atoms with Crippen LogP contribution in [0.2, 0.25) is 0 Å². The van der Waals surface area contributed by atoms with Crippen molar-refractivity contribution in [3.63, 3.8) is 0 Å². The molecule has 2 heterocycles. The Morgan fingerprint density at radius 3 is 2.41 bits per heavy atom. The minimum absolute atomic E-state index is 0.160. The number of fused-ring (bicyclic) bond motifs is 2. The molecule has 176 valence electrons. The van der Waals surface area contributed by atoms with Crippen LogP contribution >= 0.6 is 0 Å². The van der Waals surface area contributed by atoms with Crippen molar-refractivity contribution in [3.05, 3.63) is 82.3 Å². The summed E-state index contributed by atoms with van der Waals surface area (Å²) >= 11 is 0. The van der Waals surface area contributed by atoms with Crippen molar-refractivity contribution < 1.29 is 9.21 Å². The Bertz CT molecular complexity index is 1400. The number of anilines is 1. The highest BCUT2D eigenvalue weighted by Crippen LogP contribution is 2.46. The fourth-order valence-corrected chi connectivity index (χ4v) is 5.16. The van der Waals surface area contributed by atoms with E-state index in [2.05, 4.69) is 57.1 Å². The van der Waals surface area contributed by atoms with E-state index in [1.807, 2.05) is 41.9 Å². The Kier molecular flexibility index (Phi) is 5.19. The summed E-state index contributed by atoms with van der Waals surface area (Å²) in [6.07, 6.45) is 3.05. The predicted octanol–water partition coefficient (Wildman–Crippen LogP) is 6.67. The quantitative estimate of drug-likeness (QED) is 0.374. The lowest BCUT2D eigenvalue weighted by atomic mass is 9.62. The number of nitrogens with zero attached hydrogens (tertiary/aromatic N) is 2. The first-order valence-corrected chi connectivity index (χ1v) is 12.0. The number of para-hydroxylation sites is 2. The minimum Gasteiger partial charge on any atom is -0.456 e. The Morgan fingerprint density at radius 1 is 1.03 bits per heavy atom. The predicted molar refractivity (Wildman–Crippen MR) is 137 cm³/mol. The SMILES string of the molecule is Cc1cc2c(cc1Cc1ccc(C(=O)Nc3nc4ccccc4n3C)o1)C(C)(C)CCC2(C)C. The lowest BCUT2D eigenvalue weighted by molar-refractivity contribution is 0.0994. The van der Waals surface area contributed by atoms with Gasteiger partial charge in [0, 0.05) is 13.5 Å². The van der Waals surface area contributed by atoms with Crippen molar-refractivity contribution in [1.29, 1.82) is 0 Å². The molecular formula is C29H33N3O2. The summed E-state index contributed by atoms with van der Waals surface area (Å²) in [5.74, 6) is 1.28. The third kappa shape index (κ3) is 3.83. The summed E-state index contributed by atoms with van der Waals surface area (Å²) in [5, 5.41) is 2.88. The van der Waals surface area contributed by atoms with Gasteiger partial charge in [0.15, 0.2) is 5.76 Å². The van der Waals surface area contributed by atoms with Crippen LogP contribution in [-0.4, -0.2) is 15.5 Å². The summed E-state index contributed by atoms with van der Waals surface area (Å²) < 4.78 is 7.85. The number of carbonyl (C=O) groups is 1. The number of aryl methyl sites for hydroxylation is 2. The van der Waals surface area contributed by atoms with Crippen LogP contribution in [0.1, 0.15) is 79.1 Å². The molecule has 0 saturated carbocycles. The van der Waals surface area contributed by atoms with E-state index in [1.165, 1.54) is 35.1 Å². The van der Waals surface area contributed by atoms with Crippen LogP contribution in [-0.2, 0) is 24.3 Å². The molecule has 1 aliphatic rings. The molecule has 0 spiro atoms. The largest absolute Gasteiger partial charge is 0.456 e. The number of rotatable bonds is 4. The first-order chi connectivity index (χ1) is 16.0. The van der Waals surface area contributed by atoms with Crippen LogP contribution in [0.15, 0.2) is 52.9 Å². The van der Waals surface area contributed by atoms with Gasteiger partial charge in [0.2, 0.25) is 5.95 Å². The highest BCUT2D eigenvalue weighted by Gasteiger charge is 2.37. The maximum absolute atomic E-state index is 12.9. The molecule has 0 radical (unpaired) electrons. The number of hydrogen-bond acceptors (Lipinski definition) is 3. The summed E-state index contributed by atoms with van der Waals surface area (Å²) in [6.45, 7) is 11.6. The van der Waals surface area contributed by atoms with Gasteiger partial charge in [-0.3, -0.25) is 10.1 Å². The number of benzene rings is 2. The zero-order valence-corrected chi connectivity index (χ0v) is 21.0. The molecule has 4 aromatic rings. The van der Waals surface area contributed by atoms with Gasteiger partial charge in [0.05, 0.1) is 11.0 Å². The van der Waals surface area contributed by atoms with Crippen molar-refractivity contribution in [1.82, 2.24) is 9.55 Å². The van der Waals surface area contributed by atoms with E-state index in [0.29, 0.717) is 18.1 Å². The van der Waals surface area contributed by atoms with E-state index in [-0.39, 0.29) is 16.7 Å². The van der Waals surface area contributed by atoms with Gasteiger partial charge in [-0.1, -0.05) is 52.0 Å². The molecule has 5 nitrogen and oxygen atoms in total. The molecule has 34 heavy (non-hydrogen) atoms. The first kappa shape index (κ1) is 22.5. The number of hydrogen-bond donors (Lipinski definition) is 1. The van der Waals surface area contributed by atoms with E-state index < -0.39 is 0 Å². The van der Waals surface area contributed by atoms with Gasteiger partial charge in [-0.05, 0) is 77.1 Å². The number of carbonyl (C=O) groups excluding carboxylic acids is 1. The Hall–Kier alpha value is -3.34. The Morgan fingerprint density at radius 2 is 1.71 bits per heavy atom. The number of imidazole rings is 1. The second-order valence-electron chi connectivity index (χ2n) is 11.0. The van der Waals surface area contributed by atoms with Crippen molar-refractivity contribution in [2.75, 3.05) is 5.32 Å². The molecule has 2 aromatic heterocycles. The average Bonchev–Trinajstić information content (AvgIpc) is 3.38. The molecule has 0 atom stereocenters. The van der Waals surface area contributed by atoms with Crippen LogP contribution in [0.3, 0.4) is 0 Å². The first-order valence-electron chi connectivity index (χ1n) is 12.0. The number of nitrogens with one attached hydrogen (secondary N) is 1. The van der Waals surface area contributed by atoms with Crippen molar-refractivity contribution in [2.24, 2.45) is 7.05 Å². The average molecular weight is 456 g/mol. The lowest BCUT2D eigenvalue weighted by Gasteiger charge is -2.42. The van der Waals surface area contributed by atoms with Crippen LogP contribution in [0.4, 0.5) is 5.95 Å². The highest BCUT2D eigenvalue weighted by atomic mass is 16.3. The van der Waals surface area contributed by atoms with Gasteiger partial charge in [0.25, 0.3) is 5.91 Å².